The minimum absolute atomic E-state index is 0.427. The fourth-order valence-corrected chi connectivity index (χ4v) is 3.27. The Morgan fingerprint density at radius 2 is 1.42 bits per heavy atom. The minimum atomic E-state index is 0.427. The van der Waals surface area contributed by atoms with Gasteiger partial charge in [0.05, 0.1) is 0 Å². The fraction of sp³-hybridized carbons (Fsp3) is 0.875. The lowest BCUT2D eigenvalue weighted by molar-refractivity contribution is 0.520. The van der Waals surface area contributed by atoms with Gasteiger partial charge in [-0.25, -0.2) is 0 Å². The molecule has 3 heteroatoms. The number of thiocarbonyl (C=S) groups is 2. The summed E-state index contributed by atoms with van der Waals surface area (Å²) in [6.45, 7) is 2.27. The lowest BCUT2D eigenvalue weighted by atomic mass is 9.99. The molecule has 0 aromatic rings. The minimum Gasteiger partial charge on any atom is -0.443 e. The molecule has 1 rings (SSSR count). The summed E-state index contributed by atoms with van der Waals surface area (Å²) in [5, 5.41) is 1.43. The maximum Gasteiger partial charge on any atom is 0.171 e. The Morgan fingerprint density at radius 1 is 0.895 bits per heavy atom. The van der Waals surface area contributed by atoms with E-state index in [0.717, 1.165) is 17.9 Å². The van der Waals surface area contributed by atoms with Gasteiger partial charge in [0.25, 0.3) is 0 Å². The normalized spacial score (nSPS) is 18.9. The quantitative estimate of drug-likeness (QED) is 0.343. The van der Waals surface area contributed by atoms with Gasteiger partial charge in [-0.1, -0.05) is 71.1 Å². The van der Waals surface area contributed by atoms with Gasteiger partial charge in [0.2, 0.25) is 0 Å². The SMILES string of the molecule is CCCCCCCCCCCCC1CC(=S)OC1=S. The Balaban J connectivity index is 1.84. The summed E-state index contributed by atoms with van der Waals surface area (Å²) in [4.78, 5) is 0. The van der Waals surface area contributed by atoms with Crippen LogP contribution in [0.5, 0.6) is 0 Å². The molecule has 0 amide bonds. The molecular formula is C16H28OS2. The Labute approximate surface area is 129 Å². The second-order valence-corrected chi connectivity index (χ2v) is 6.52. The average molecular weight is 301 g/mol. The van der Waals surface area contributed by atoms with Crippen LogP contribution in [0, 0.1) is 5.92 Å². The Kier molecular flexibility index (Phi) is 9.62. The van der Waals surface area contributed by atoms with Gasteiger partial charge in [-0.15, -0.1) is 0 Å². The number of hydrogen-bond donors (Lipinski definition) is 0. The molecule has 110 valence electrons. The van der Waals surface area contributed by atoms with Crippen molar-refractivity contribution in [1.29, 1.82) is 0 Å². The van der Waals surface area contributed by atoms with Crippen LogP contribution in [0.2, 0.25) is 0 Å². The molecule has 0 bridgehead atoms. The van der Waals surface area contributed by atoms with E-state index < -0.39 is 0 Å². The van der Waals surface area contributed by atoms with Crippen LogP contribution in [0.3, 0.4) is 0 Å². The third-order valence-corrected chi connectivity index (χ3v) is 4.53. The fourth-order valence-electron chi connectivity index (χ4n) is 2.62. The van der Waals surface area contributed by atoms with E-state index in [2.05, 4.69) is 6.92 Å². The molecule has 0 aromatic carbocycles. The summed E-state index contributed by atoms with van der Waals surface area (Å²) in [7, 11) is 0. The van der Waals surface area contributed by atoms with Gasteiger partial charge < -0.3 is 4.74 Å². The van der Waals surface area contributed by atoms with Gasteiger partial charge in [0.1, 0.15) is 0 Å². The van der Waals surface area contributed by atoms with E-state index in [9.17, 15) is 0 Å². The Bertz CT molecular complexity index is 276. The van der Waals surface area contributed by atoms with Crippen LogP contribution < -0.4 is 0 Å². The van der Waals surface area contributed by atoms with Crippen LogP contribution >= 0.6 is 24.4 Å². The molecule has 0 radical (unpaired) electrons. The second-order valence-electron chi connectivity index (χ2n) is 5.66. The maximum absolute atomic E-state index is 5.28. The van der Waals surface area contributed by atoms with E-state index in [4.69, 9.17) is 29.2 Å². The molecule has 1 heterocycles. The van der Waals surface area contributed by atoms with Crippen molar-refractivity contribution in [2.75, 3.05) is 0 Å². The van der Waals surface area contributed by atoms with Gasteiger partial charge in [-0.3, -0.25) is 0 Å². The van der Waals surface area contributed by atoms with Gasteiger partial charge >= 0.3 is 0 Å². The first-order valence-electron chi connectivity index (χ1n) is 7.98. The van der Waals surface area contributed by atoms with Crippen molar-refractivity contribution in [3.8, 4) is 0 Å². The predicted octanol–water partition coefficient (Wildman–Crippen LogP) is 5.99. The number of ether oxygens (including phenoxy) is 1. The second kappa shape index (κ2) is 10.7. The van der Waals surface area contributed by atoms with Crippen molar-refractivity contribution in [2.45, 2.75) is 84.0 Å². The van der Waals surface area contributed by atoms with Crippen LogP contribution in [0.4, 0.5) is 0 Å². The number of hydrogen-bond acceptors (Lipinski definition) is 3. The Hall–Kier alpha value is -0.0200. The highest BCUT2D eigenvalue weighted by Gasteiger charge is 2.26. The molecule has 0 spiro atoms. The topological polar surface area (TPSA) is 9.23 Å². The molecule has 1 fully saturated rings. The molecule has 0 saturated carbocycles. The molecule has 19 heavy (non-hydrogen) atoms. The molecule has 0 N–H and O–H groups in total. The lowest BCUT2D eigenvalue weighted by Crippen LogP contribution is -2.04. The van der Waals surface area contributed by atoms with E-state index in [1.54, 1.807) is 0 Å². The van der Waals surface area contributed by atoms with Crippen molar-refractivity contribution in [1.82, 2.24) is 0 Å². The van der Waals surface area contributed by atoms with Crippen LogP contribution in [-0.2, 0) is 4.74 Å². The first-order chi connectivity index (χ1) is 9.24. The van der Waals surface area contributed by atoms with E-state index in [0.29, 0.717) is 11.0 Å². The summed E-state index contributed by atoms with van der Waals surface area (Å²) in [6.07, 6.45) is 15.9. The van der Waals surface area contributed by atoms with Gasteiger partial charge in [0, 0.05) is 12.3 Å². The van der Waals surface area contributed by atoms with Crippen molar-refractivity contribution in [3.63, 3.8) is 0 Å². The molecule has 1 atom stereocenters. The van der Waals surface area contributed by atoms with Gasteiger partial charge in [-0.05, 0) is 30.9 Å². The van der Waals surface area contributed by atoms with Crippen molar-refractivity contribution >= 4 is 34.5 Å². The lowest BCUT2D eigenvalue weighted by Gasteiger charge is -2.06. The molecular weight excluding hydrogens is 272 g/mol. The van der Waals surface area contributed by atoms with Gasteiger partial charge in [0.15, 0.2) is 10.1 Å². The van der Waals surface area contributed by atoms with Crippen molar-refractivity contribution in [2.24, 2.45) is 5.92 Å². The standard InChI is InChI=1S/C16H28OS2/c1-2-3-4-5-6-7-8-9-10-11-12-14-13-15(18)17-16(14)19/h14H,2-13H2,1H3. The molecule has 1 saturated heterocycles. The van der Waals surface area contributed by atoms with E-state index in [1.165, 1.54) is 64.2 Å². The zero-order valence-corrected chi connectivity index (χ0v) is 13.9. The van der Waals surface area contributed by atoms with Crippen LogP contribution in [0.25, 0.3) is 0 Å². The molecule has 1 aliphatic rings. The molecule has 1 unspecified atom stereocenters. The molecule has 1 aliphatic heterocycles. The van der Waals surface area contributed by atoms with E-state index >= 15 is 0 Å². The zero-order valence-electron chi connectivity index (χ0n) is 12.3. The first-order valence-corrected chi connectivity index (χ1v) is 8.80. The molecule has 0 aliphatic carbocycles. The third-order valence-electron chi connectivity index (χ3n) is 3.87. The van der Waals surface area contributed by atoms with Crippen LogP contribution in [0.15, 0.2) is 0 Å². The largest absolute Gasteiger partial charge is 0.443 e. The zero-order chi connectivity index (χ0) is 13.9. The summed E-state index contributed by atoms with van der Waals surface area (Å²) in [6, 6.07) is 0. The Morgan fingerprint density at radius 3 is 1.89 bits per heavy atom. The predicted molar refractivity (Wildman–Crippen MR) is 90.8 cm³/mol. The third kappa shape index (κ3) is 7.98. The highest BCUT2D eigenvalue weighted by Crippen LogP contribution is 2.24. The van der Waals surface area contributed by atoms with E-state index in [-0.39, 0.29) is 0 Å². The van der Waals surface area contributed by atoms with Crippen LogP contribution in [0.1, 0.15) is 84.0 Å². The van der Waals surface area contributed by atoms with Gasteiger partial charge in [-0.2, -0.15) is 0 Å². The average Bonchev–Trinajstić information content (AvgIpc) is 2.70. The van der Waals surface area contributed by atoms with Crippen molar-refractivity contribution in [3.05, 3.63) is 0 Å². The number of unbranched alkanes of at least 4 members (excludes halogenated alkanes) is 9. The summed E-state index contributed by atoms with van der Waals surface area (Å²) < 4.78 is 5.28. The summed E-state index contributed by atoms with van der Waals surface area (Å²) in [5.74, 6) is 0.427. The number of rotatable bonds is 11. The summed E-state index contributed by atoms with van der Waals surface area (Å²) in [5.41, 5.74) is 0. The highest BCUT2D eigenvalue weighted by molar-refractivity contribution is 7.81. The monoisotopic (exact) mass is 300 g/mol. The van der Waals surface area contributed by atoms with E-state index in [1.807, 2.05) is 0 Å². The smallest absolute Gasteiger partial charge is 0.171 e. The highest BCUT2D eigenvalue weighted by atomic mass is 32.1. The van der Waals surface area contributed by atoms with Crippen molar-refractivity contribution < 1.29 is 4.74 Å². The van der Waals surface area contributed by atoms with Crippen LogP contribution in [-0.4, -0.2) is 10.1 Å². The summed E-state index contributed by atoms with van der Waals surface area (Å²) >= 11 is 10.2. The maximum atomic E-state index is 5.28. The first kappa shape index (κ1) is 17.0. The molecule has 0 aromatic heterocycles. The molecule has 1 nitrogen and oxygen atoms in total.